The van der Waals surface area contributed by atoms with Gasteiger partial charge in [0.2, 0.25) is 5.89 Å². The second kappa shape index (κ2) is 8.70. The molecular formula is C20H23N4O5+. The summed E-state index contributed by atoms with van der Waals surface area (Å²) in [6, 6.07) is 11.7. The van der Waals surface area contributed by atoms with Crippen molar-refractivity contribution >= 4 is 5.69 Å². The predicted octanol–water partition coefficient (Wildman–Crippen LogP) is 2.44. The van der Waals surface area contributed by atoms with Crippen molar-refractivity contribution in [2.45, 2.75) is 19.5 Å². The lowest BCUT2D eigenvalue weighted by Gasteiger charge is -2.20. The van der Waals surface area contributed by atoms with E-state index in [4.69, 9.17) is 13.9 Å². The average molecular weight is 399 g/mol. The first-order valence-corrected chi connectivity index (χ1v) is 9.04. The van der Waals surface area contributed by atoms with Gasteiger partial charge in [-0.2, -0.15) is 0 Å². The van der Waals surface area contributed by atoms with E-state index in [-0.39, 0.29) is 11.7 Å². The van der Waals surface area contributed by atoms with Gasteiger partial charge in [0.15, 0.2) is 6.04 Å². The molecular weight excluding hydrogens is 376 g/mol. The van der Waals surface area contributed by atoms with E-state index < -0.39 is 4.92 Å². The summed E-state index contributed by atoms with van der Waals surface area (Å²) in [6.07, 6.45) is 0. The number of hydrogen-bond acceptors (Lipinski definition) is 7. The Kier molecular flexibility index (Phi) is 6.08. The number of nitrogens with zero attached hydrogens (tertiary/aromatic N) is 3. The van der Waals surface area contributed by atoms with E-state index in [2.05, 4.69) is 10.2 Å². The number of rotatable bonds is 8. The van der Waals surface area contributed by atoms with Gasteiger partial charge in [0.25, 0.3) is 11.6 Å². The van der Waals surface area contributed by atoms with Crippen LogP contribution in [0, 0.1) is 10.1 Å². The second-order valence-electron chi connectivity index (χ2n) is 6.67. The summed E-state index contributed by atoms with van der Waals surface area (Å²) in [4.78, 5) is 11.5. The topological polar surface area (TPSA) is 105 Å². The van der Waals surface area contributed by atoms with E-state index in [0.717, 1.165) is 22.0 Å². The minimum atomic E-state index is -0.448. The summed E-state index contributed by atoms with van der Waals surface area (Å²) in [7, 11) is 5.28. The molecule has 1 heterocycles. The molecule has 29 heavy (non-hydrogen) atoms. The molecule has 0 spiro atoms. The van der Waals surface area contributed by atoms with Crippen molar-refractivity contribution < 1.29 is 23.7 Å². The molecule has 1 unspecified atom stereocenters. The summed E-state index contributed by atoms with van der Waals surface area (Å²) in [5, 5.41) is 19.0. The molecule has 0 amide bonds. The summed E-state index contributed by atoms with van der Waals surface area (Å²) in [5.74, 6) is 2.31. The largest absolute Gasteiger partial charge is 0.497 e. The van der Waals surface area contributed by atoms with E-state index >= 15 is 0 Å². The average Bonchev–Trinajstić information content (AvgIpc) is 3.23. The van der Waals surface area contributed by atoms with Gasteiger partial charge in [0.1, 0.15) is 18.0 Å². The first-order chi connectivity index (χ1) is 13.9. The van der Waals surface area contributed by atoms with E-state index in [0.29, 0.717) is 23.9 Å². The molecule has 3 aromatic rings. The van der Waals surface area contributed by atoms with Gasteiger partial charge < -0.3 is 18.8 Å². The van der Waals surface area contributed by atoms with Crippen molar-refractivity contribution in [1.82, 2.24) is 10.2 Å². The van der Waals surface area contributed by atoms with Gasteiger partial charge in [-0.3, -0.25) is 10.1 Å². The van der Waals surface area contributed by atoms with Crippen LogP contribution in [0.4, 0.5) is 5.69 Å². The monoisotopic (exact) mass is 399 g/mol. The number of hydrogen-bond donors (Lipinski definition) is 1. The number of nitrogens with one attached hydrogen (secondary N) is 1. The van der Waals surface area contributed by atoms with Crippen molar-refractivity contribution in [3.63, 3.8) is 0 Å². The third-order valence-corrected chi connectivity index (χ3v) is 4.84. The molecule has 2 aromatic carbocycles. The lowest BCUT2D eigenvalue weighted by atomic mass is 10.1. The standard InChI is InChI=1S/C20H22N4O5/c1-13(23(2)12-15-7-10-17(27-3)11-18(15)28-4)19-21-22-20(29-19)14-5-8-16(9-6-14)24(25)26/h5-11,13H,12H2,1-4H3/p+1/t13-/m0/s1. The van der Waals surface area contributed by atoms with Crippen molar-refractivity contribution in [1.29, 1.82) is 0 Å². The zero-order valence-electron chi connectivity index (χ0n) is 16.7. The molecule has 0 aliphatic heterocycles. The molecule has 0 radical (unpaired) electrons. The van der Waals surface area contributed by atoms with Gasteiger partial charge in [-0.05, 0) is 31.2 Å². The number of aromatic nitrogens is 2. The Labute approximate surface area is 168 Å². The highest BCUT2D eigenvalue weighted by molar-refractivity contribution is 5.55. The van der Waals surface area contributed by atoms with Crippen molar-refractivity contribution in [2.75, 3.05) is 21.3 Å². The highest BCUT2D eigenvalue weighted by Gasteiger charge is 2.24. The zero-order valence-corrected chi connectivity index (χ0v) is 16.7. The van der Waals surface area contributed by atoms with Crippen molar-refractivity contribution in [3.05, 3.63) is 64.0 Å². The first kappa shape index (κ1) is 20.3. The first-order valence-electron chi connectivity index (χ1n) is 9.04. The molecule has 1 N–H and O–H groups in total. The number of methoxy groups -OCH3 is 2. The van der Waals surface area contributed by atoms with Gasteiger partial charge in [0, 0.05) is 29.3 Å². The SMILES string of the molecule is COc1ccc(C[NH+](C)[C@@H](C)c2nnc(-c3ccc([N+](=O)[O-])cc3)o2)c(OC)c1. The minimum Gasteiger partial charge on any atom is -0.497 e. The van der Waals surface area contributed by atoms with Crippen LogP contribution in [0.25, 0.3) is 11.5 Å². The third-order valence-electron chi connectivity index (χ3n) is 4.84. The van der Waals surface area contributed by atoms with E-state index in [1.54, 1.807) is 26.4 Å². The van der Waals surface area contributed by atoms with Gasteiger partial charge in [-0.15, -0.1) is 10.2 Å². The number of nitro benzene ring substituents is 1. The molecule has 9 nitrogen and oxygen atoms in total. The fraction of sp³-hybridized carbons (Fsp3) is 0.300. The van der Waals surface area contributed by atoms with Crippen LogP contribution < -0.4 is 14.4 Å². The molecule has 0 fully saturated rings. The maximum Gasteiger partial charge on any atom is 0.274 e. The van der Waals surface area contributed by atoms with Crippen LogP contribution in [0.3, 0.4) is 0 Å². The minimum absolute atomic E-state index is 0.0134. The van der Waals surface area contributed by atoms with Crippen LogP contribution in [-0.2, 0) is 6.54 Å². The predicted molar refractivity (Wildman–Crippen MR) is 105 cm³/mol. The highest BCUT2D eigenvalue weighted by atomic mass is 16.6. The summed E-state index contributed by atoms with van der Waals surface area (Å²) in [5.41, 5.74) is 1.68. The van der Waals surface area contributed by atoms with Crippen molar-refractivity contribution in [3.8, 4) is 23.0 Å². The van der Waals surface area contributed by atoms with E-state index in [1.165, 1.54) is 12.1 Å². The fourth-order valence-electron chi connectivity index (χ4n) is 2.91. The van der Waals surface area contributed by atoms with Gasteiger partial charge in [-0.1, -0.05) is 0 Å². The Bertz CT molecular complexity index is 987. The Hall–Kier alpha value is -3.46. The van der Waals surface area contributed by atoms with Crippen LogP contribution >= 0.6 is 0 Å². The zero-order chi connectivity index (χ0) is 21.0. The molecule has 152 valence electrons. The normalized spacial score (nSPS) is 13.0. The van der Waals surface area contributed by atoms with Crippen LogP contribution in [0.1, 0.15) is 24.4 Å². The number of non-ortho nitro benzene ring substituents is 1. The number of benzene rings is 2. The third kappa shape index (κ3) is 4.52. The van der Waals surface area contributed by atoms with Gasteiger partial charge in [-0.25, -0.2) is 0 Å². The van der Waals surface area contributed by atoms with Gasteiger partial charge in [0.05, 0.1) is 26.2 Å². The summed E-state index contributed by atoms with van der Waals surface area (Å²) >= 11 is 0. The Balaban J connectivity index is 1.74. The van der Waals surface area contributed by atoms with Crippen molar-refractivity contribution in [2.24, 2.45) is 0 Å². The highest BCUT2D eigenvalue weighted by Crippen LogP contribution is 2.25. The van der Waals surface area contributed by atoms with Crippen LogP contribution in [0.2, 0.25) is 0 Å². The molecule has 3 rings (SSSR count). The number of quaternary nitrogens is 1. The molecule has 0 bridgehead atoms. The quantitative estimate of drug-likeness (QED) is 0.458. The number of nitro groups is 1. The Morgan fingerprint density at radius 2 is 1.86 bits per heavy atom. The molecule has 0 aliphatic carbocycles. The van der Waals surface area contributed by atoms with Crippen LogP contribution in [0.5, 0.6) is 11.5 Å². The molecule has 1 aromatic heterocycles. The molecule has 2 atom stereocenters. The Morgan fingerprint density at radius 1 is 1.14 bits per heavy atom. The van der Waals surface area contributed by atoms with Crippen LogP contribution in [0.15, 0.2) is 46.9 Å². The molecule has 0 saturated heterocycles. The maximum atomic E-state index is 10.8. The van der Waals surface area contributed by atoms with E-state index in [9.17, 15) is 10.1 Å². The lowest BCUT2D eigenvalue weighted by molar-refractivity contribution is -0.925. The summed E-state index contributed by atoms with van der Waals surface area (Å²) in [6.45, 7) is 2.68. The number of ether oxygens (including phenoxy) is 2. The molecule has 9 heteroatoms. The maximum absolute atomic E-state index is 10.8. The summed E-state index contributed by atoms with van der Waals surface area (Å²) < 4.78 is 16.5. The second-order valence-corrected chi connectivity index (χ2v) is 6.67. The smallest absolute Gasteiger partial charge is 0.274 e. The molecule has 0 aliphatic rings. The van der Waals surface area contributed by atoms with Gasteiger partial charge >= 0.3 is 0 Å². The lowest BCUT2D eigenvalue weighted by Crippen LogP contribution is -3.07. The van der Waals surface area contributed by atoms with Crippen LogP contribution in [-0.4, -0.2) is 36.4 Å². The molecule has 0 saturated carbocycles. The Morgan fingerprint density at radius 3 is 2.48 bits per heavy atom. The van der Waals surface area contributed by atoms with E-state index in [1.807, 2.05) is 32.2 Å². The fourth-order valence-corrected chi connectivity index (χ4v) is 2.91.